The number of nitrogens with one attached hydrogen (secondary N) is 1. The SMILES string of the molecule is CC(NC(=O)c1cc(C(O)C2CC2)cc(C(F)(F)F)c1)c1ncnn1-c1ccc(C#N)cn1. The number of aliphatic hydroxyl groups excluding tert-OH is 1. The summed E-state index contributed by atoms with van der Waals surface area (Å²) in [7, 11) is 0. The average molecular weight is 456 g/mol. The van der Waals surface area contributed by atoms with Gasteiger partial charge in [0.05, 0.1) is 23.3 Å². The highest BCUT2D eigenvalue weighted by Gasteiger charge is 2.36. The van der Waals surface area contributed by atoms with Gasteiger partial charge in [0.25, 0.3) is 5.91 Å². The highest BCUT2D eigenvalue weighted by molar-refractivity contribution is 5.94. The van der Waals surface area contributed by atoms with Crippen LogP contribution < -0.4 is 5.32 Å². The number of benzene rings is 1. The van der Waals surface area contributed by atoms with Gasteiger partial charge in [-0.15, -0.1) is 0 Å². The quantitative estimate of drug-likeness (QED) is 0.587. The third kappa shape index (κ3) is 4.85. The summed E-state index contributed by atoms with van der Waals surface area (Å²) in [5, 5.41) is 26.0. The summed E-state index contributed by atoms with van der Waals surface area (Å²) < 4.78 is 41.6. The number of pyridine rings is 1. The lowest BCUT2D eigenvalue weighted by Gasteiger charge is -2.18. The van der Waals surface area contributed by atoms with Gasteiger partial charge in [-0.25, -0.2) is 9.97 Å². The lowest BCUT2D eigenvalue weighted by Crippen LogP contribution is -2.29. The van der Waals surface area contributed by atoms with E-state index in [0.717, 1.165) is 25.0 Å². The van der Waals surface area contributed by atoms with Gasteiger partial charge in [-0.3, -0.25) is 4.79 Å². The van der Waals surface area contributed by atoms with Crippen LogP contribution in [-0.2, 0) is 6.18 Å². The second-order valence-corrected chi connectivity index (χ2v) is 7.87. The summed E-state index contributed by atoms with van der Waals surface area (Å²) >= 11 is 0. The molecule has 0 aliphatic heterocycles. The summed E-state index contributed by atoms with van der Waals surface area (Å²) in [5.41, 5.74) is -0.790. The van der Waals surface area contributed by atoms with E-state index < -0.39 is 29.8 Å². The Bertz CT molecular complexity index is 1210. The van der Waals surface area contributed by atoms with Crippen molar-refractivity contribution in [3.8, 4) is 11.9 Å². The van der Waals surface area contributed by atoms with Crippen LogP contribution in [0.2, 0.25) is 0 Å². The Labute approximate surface area is 186 Å². The fraction of sp³-hybridized carbons (Fsp3) is 0.318. The molecule has 1 amide bonds. The third-order valence-corrected chi connectivity index (χ3v) is 5.36. The van der Waals surface area contributed by atoms with Crippen LogP contribution >= 0.6 is 0 Å². The number of aliphatic hydroxyl groups is 1. The van der Waals surface area contributed by atoms with Crippen LogP contribution in [0.4, 0.5) is 13.2 Å². The molecule has 2 heterocycles. The van der Waals surface area contributed by atoms with E-state index in [1.807, 2.05) is 6.07 Å². The maximum atomic E-state index is 13.4. The molecule has 170 valence electrons. The Morgan fingerprint density at radius 3 is 2.64 bits per heavy atom. The molecule has 2 atom stereocenters. The van der Waals surface area contributed by atoms with Gasteiger partial charge in [0.2, 0.25) is 0 Å². The van der Waals surface area contributed by atoms with Crippen LogP contribution in [0.15, 0.2) is 42.9 Å². The molecule has 4 rings (SSSR count). The molecule has 0 radical (unpaired) electrons. The monoisotopic (exact) mass is 456 g/mol. The van der Waals surface area contributed by atoms with Crippen molar-refractivity contribution >= 4 is 5.91 Å². The van der Waals surface area contributed by atoms with E-state index in [1.165, 1.54) is 23.3 Å². The zero-order valence-electron chi connectivity index (χ0n) is 17.4. The largest absolute Gasteiger partial charge is 0.416 e. The van der Waals surface area contributed by atoms with Gasteiger partial charge in [-0.1, -0.05) is 0 Å². The molecular formula is C22H19F3N6O2. The molecule has 2 aromatic heterocycles. The van der Waals surface area contributed by atoms with Gasteiger partial charge >= 0.3 is 6.18 Å². The number of aromatic nitrogens is 4. The minimum Gasteiger partial charge on any atom is -0.388 e. The van der Waals surface area contributed by atoms with Crippen LogP contribution in [0.5, 0.6) is 0 Å². The van der Waals surface area contributed by atoms with Gasteiger partial charge in [0.15, 0.2) is 11.6 Å². The Morgan fingerprint density at radius 1 is 1.27 bits per heavy atom. The summed E-state index contributed by atoms with van der Waals surface area (Å²) in [4.78, 5) is 21.1. The Kier molecular flexibility index (Phi) is 5.86. The molecule has 8 nitrogen and oxygen atoms in total. The first-order valence-corrected chi connectivity index (χ1v) is 10.1. The van der Waals surface area contributed by atoms with E-state index in [-0.39, 0.29) is 17.0 Å². The number of nitriles is 1. The van der Waals surface area contributed by atoms with Gasteiger partial charge in [-0.05, 0) is 61.6 Å². The normalized spacial score (nSPS) is 15.5. The van der Waals surface area contributed by atoms with Crippen molar-refractivity contribution in [1.82, 2.24) is 25.1 Å². The standard InChI is InChI=1S/C22H19F3N6O2/c1-12(20-28-11-29-31(20)18-5-2-13(9-26)10-27-18)30-21(33)16-6-15(19(32)14-3-4-14)7-17(8-16)22(23,24)25/h2,5-8,10-12,14,19,32H,3-4H2,1H3,(H,30,33). The van der Waals surface area contributed by atoms with Crippen molar-refractivity contribution in [3.63, 3.8) is 0 Å². The van der Waals surface area contributed by atoms with Crippen molar-refractivity contribution in [1.29, 1.82) is 5.26 Å². The van der Waals surface area contributed by atoms with Gasteiger partial charge in [0, 0.05) is 11.8 Å². The van der Waals surface area contributed by atoms with Crippen molar-refractivity contribution < 1.29 is 23.1 Å². The fourth-order valence-electron chi connectivity index (χ4n) is 3.45. The number of alkyl halides is 3. The Morgan fingerprint density at radius 2 is 2.03 bits per heavy atom. The fourth-order valence-corrected chi connectivity index (χ4v) is 3.45. The maximum absolute atomic E-state index is 13.4. The minimum absolute atomic E-state index is 0.0649. The summed E-state index contributed by atoms with van der Waals surface area (Å²) in [6.45, 7) is 1.61. The first kappa shape index (κ1) is 22.4. The van der Waals surface area contributed by atoms with E-state index in [4.69, 9.17) is 5.26 Å². The predicted molar refractivity (Wildman–Crippen MR) is 109 cm³/mol. The molecule has 1 fully saturated rings. The van der Waals surface area contributed by atoms with Crippen molar-refractivity contribution in [2.24, 2.45) is 5.92 Å². The van der Waals surface area contributed by atoms with Crippen LogP contribution in [0.1, 0.15) is 64.8 Å². The number of carbonyl (C=O) groups excluding carboxylic acids is 1. The number of amides is 1. The molecule has 2 unspecified atom stereocenters. The first-order chi connectivity index (χ1) is 15.7. The molecule has 1 aliphatic carbocycles. The Hall–Kier alpha value is -3.78. The van der Waals surface area contributed by atoms with Crippen molar-refractivity contribution in [2.75, 3.05) is 0 Å². The molecule has 1 aliphatic rings. The lowest BCUT2D eigenvalue weighted by atomic mass is 9.98. The van der Waals surface area contributed by atoms with Gasteiger partial charge in [-0.2, -0.15) is 28.2 Å². The molecule has 33 heavy (non-hydrogen) atoms. The first-order valence-electron chi connectivity index (χ1n) is 10.1. The van der Waals surface area contributed by atoms with Crippen LogP contribution in [0.25, 0.3) is 5.82 Å². The maximum Gasteiger partial charge on any atom is 0.416 e. The molecule has 0 bridgehead atoms. The van der Waals surface area contributed by atoms with Gasteiger partial charge < -0.3 is 10.4 Å². The molecule has 3 aromatic rings. The zero-order chi connectivity index (χ0) is 23.8. The van der Waals surface area contributed by atoms with Crippen LogP contribution in [-0.4, -0.2) is 30.8 Å². The van der Waals surface area contributed by atoms with Crippen molar-refractivity contribution in [3.05, 3.63) is 70.9 Å². The number of carbonyl (C=O) groups is 1. The van der Waals surface area contributed by atoms with Crippen molar-refractivity contribution in [2.45, 2.75) is 38.1 Å². The predicted octanol–water partition coefficient (Wildman–Crippen LogP) is 3.49. The number of nitrogens with zero attached hydrogens (tertiary/aromatic N) is 5. The molecule has 1 saturated carbocycles. The molecule has 0 saturated heterocycles. The van der Waals surface area contributed by atoms with E-state index in [0.29, 0.717) is 17.2 Å². The second kappa shape index (κ2) is 8.63. The number of hydrogen-bond donors (Lipinski definition) is 2. The Balaban J connectivity index is 1.59. The highest BCUT2D eigenvalue weighted by atomic mass is 19.4. The van der Waals surface area contributed by atoms with Crippen LogP contribution in [0.3, 0.4) is 0 Å². The molecule has 0 spiro atoms. The summed E-state index contributed by atoms with van der Waals surface area (Å²) in [6.07, 6.45) is -1.64. The van der Waals surface area contributed by atoms with E-state index in [1.54, 1.807) is 19.1 Å². The van der Waals surface area contributed by atoms with E-state index in [2.05, 4.69) is 20.4 Å². The zero-order valence-corrected chi connectivity index (χ0v) is 17.4. The van der Waals surface area contributed by atoms with Gasteiger partial charge in [0.1, 0.15) is 12.4 Å². The second-order valence-electron chi connectivity index (χ2n) is 7.87. The number of hydrogen-bond acceptors (Lipinski definition) is 6. The molecule has 1 aromatic carbocycles. The minimum atomic E-state index is -4.67. The van der Waals surface area contributed by atoms with E-state index in [9.17, 15) is 23.1 Å². The number of rotatable bonds is 6. The number of halogens is 3. The summed E-state index contributed by atoms with van der Waals surface area (Å²) in [6, 6.07) is 7.26. The molecule has 2 N–H and O–H groups in total. The lowest BCUT2D eigenvalue weighted by molar-refractivity contribution is -0.137. The smallest absolute Gasteiger partial charge is 0.388 e. The van der Waals surface area contributed by atoms with Crippen LogP contribution in [0, 0.1) is 17.2 Å². The summed E-state index contributed by atoms with van der Waals surface area (Å²) in [5.74, 6) is -0.191. The average Bonchev–Trinajstić information content (AvgIpc) is 3.53. The third-order valence-electron chi connectivity index (χ3n) is 5.36. The topological polar surface area (TPSA) is 117 Å². The molecular weight excluding hydrogens is 437 g/mol. The highest BCUT2D eigenvalue weighted by Crippen LogP contribution is 2.42. The van der Waals surface area contributed by atoms with E-state index >= 15 is 0 Å². The molecule has 11 heteroatoms.